The van der Waals surface area contributed by atoms with Crippen LogP contribution in [0.2, 0.25) is 0 Å². The number of hydrogen-bond acceptors (Lipinski definition) is 1. The molecule has 4 rings (SSSR count). The summed E-state index contributed by atoms with van der Waals surface area (Å²) in [5, 5.41) is 5.38. The Morgan fingerprint density at radius 3 is 0.610 bits per heavy atom. The molecule has 0 saturated heterocycles. The Hall–Kier alpha value is -2.85. The van der Waals surface area contributed by atoms with Crippen molar-refractivity contribution in [1.82, 2.24) is 4.86 Å². The number of nitrogens with one attached hydrogen (secondary N) is 1. The summed E-state index contributed by atoms with van der Waals surface area (Å²) in [6.45, 7) is 27.0. The molecule has 210 valence electrons. The van der Waals surface area contributed by atoms with Gasteiger partial charge in [0.05, 0.1) is 0 Å². The third kappa shape index (κ3) is 19.0. The van der Waals surface area contributed by atoms with Crippen LogP contribution < -0.4 is 26.1 Å². The molecule has 0 spiro atoms. The maximum Gasteiger partial charge on any atom is 0.0294 e. The van der Waals surface area contributed by atoms with E-state index in [-0.39, 0.29) is 33.6 Å². The van der Waals surface area contributed by atoms with E-state index in [0.717, 1.165) is 0 Å². The van der Waals surface area contributed by atoms with Gasteiger partial charge >= 0.3 is 67.8 Å². The fraction of sp³-hybridized carbons (Fsp3) is 0. The molecule has 0 fully saturated rings. The Labute approximate surface area is 263 Å². The van der Waals surface area contributed by atoms with Crippen molar-refractivity contribution in [3.8, 4) is 0 Å². The van der Waals surface area contributed by atoms with E-state index in [0.29, 0.717) is 0 Å². The standard InChI is InChI=1S/C24H21NP2.6CO.2Co/c1-5-13-21(14-6-1)26(22-15-7-2-8-16-22)25-27(23-17-9-3-10-18-23)24-19-11-4-12-20-24;6*1-2;;/h1-20,25H;;;;;;;;. The number of benzene rings is 4. The fourth-order valence-corrected chi connectivity index (χ4v) is 8.06. The topological polar surface area (TPSA) is 131 Å². The fourth-order valence-electron chi connectivity index (χ4n) is 2.94. The van der Waals surface area contributed by atoms with Gasteiger partial charge in [0.25, 0.3) is 0 Å². The van der Waals surface area contributed by atoms with Gasteiger partial charge in [0.1, 0.15) is 0 Å². The van der Waals surface area contributed by atoms with Crippen LogP contribution in [0.5, 0.6) is 0 Å². The van der Waals surface area contributed by atoms with Gasteiger partial charge in [-0.15, -0.1) is 0 Å². The molecule has 41 heavy (non-hydrogen) atoms. The maximum atomic E-state index is 7.50. The van der Waals surface area contributed by atoms with Crippen molar-refractivity contribution in [3.05, 3.63) is 161 Å². The van der Waals surface area contributed by atoms with Gasteiger partial charge in [-0.05, 0) is 21.2 Å². The first-order valence-corrected chi connectivity index (χ1v) is 12.9. The van der Waals surface area contributed by atoms with E-state index in [1.165, 1.54) is 21.2 Å². The first-order chi connectivity index (χ1) is 19.4. The van der Waals surface area contributed by atoms with Crippen molar-refractivity contribution in [1.29, 1.82) is 0 Å². The molecule has 7 nitrogen and oxygen atoms in total. The summed E-state index contributed by atoms with van der Waals surface area (Å²) in [7, 11) is -1.32. The third-order valence-electron chi connectivity index (χ3n) is 4.26. The van der Waals surface area contributed by atoms with Crippen LogP contribution in [0.3, 0.4) is 0 Å². The monoisotopic (exact) mass is 671 g/mol. The Morgan fingerprint density at radius 2 is 0.463 bits per heavy atom. The van der Waals surface area contributed by atoms with Gasteiger partial charge in [-0.2, -0.15) is 0 Å². The van der Waals surface area contributed by atoms with Crippen molar-refractivity contribution in [2.24, 2.45) is 0 Å². The zero-order valence-corrected chi connectivity index (χ0v) is 24.9. The van der Waals surface area contributed by atoms with Crippen molar-refractivity contribution >= 4 is 37.4 Å². The van der Waals surface area contributed by atoms with E-state index < -0.39 is 16.1 Å². The minimum atomic E-state index is -0.659. The van der Waals surface area contributed by atoms with Crippen molar-refractivity contribution in [2.45, 2.75) is 0 Å². The Bertz CT molecular complexity index is 1030. The van der Waals surface area contributed by atoms with Gasteiger partial charge in [-0.1, -0.05) is 121 Å². The molecule has 11 heteroatoms. The SMILES string of the molecule is [C-]#[O+].[C-]#[O+].[C-]#[O+].[C-]#[O+].[C-]#[O+].[C-]#[O+].[Co].[Co].c1ccc(P(NP(c2ccccc2)c2ccccc2)c2ccccc2)cc1. The van der Waals surface area contributed by atoms with E-state index in [1.807, 2.05) is 0 Å². The van der Waals surface area contributed by atoms with Crippen LogP contribution in [-0.2, 0) is 61.5 Å². The van der Waals surface area contributed by atoms with Gasteiger partial charge in [-0.3, -0.25) is 4.86 Å². The van der Waals surface area contributed by atoms with Crippen LogP contribution in [0.1, 0.15) is 0 Å². The van der Waals surface area contributed by atoms with Gasteiger partial charge in [0.15, 0.2) is 0 Å². The third-order valence-corrected chi connectivity index (χ3v) is 9.12. The average molecular weight is 671 g/mol. The molecule has 0 amide bonds. The molecule has 1 N–H and O–H groups in total. The van der Waals surface area contributed by atoms with Crippen LogP contribution in [0, 0.1) is 39.9 Å². The van der Waals surface area contributed by atoms with Crippen LogP contribution in [0.15, 0.2) is 121 Å². The molecule has 4 aromatic carbocycles. The smallest absolute Gasteiger partial charge is 0.0294 e. The average Bonchev–Trinajstić information content (AvgIpc) is 3.09. The van der Waals surface area contributed by atoms with E-state index in [4.69, 9.17) is 27.9 Å². The largest absolute Gasteiger partial charge is 0.259 e. The zero-order chi connectivity index (χ0) is 30.3. The summed E-state index contributed by atoms with van der Waals surface area (Å²) in [6, 6.07) is 43.2. The van der Waals surface area contributed by atoms with Gasteiger partial charge in [-0.25, -0.2) is 0 Å². The maximum absolute atomic E-state index is 7.50. The van der Waals surface area contributed by atoms with E-state index in [1.54, 1.807) is 0 Å². The minimum absolute atomic E-state index is 0. The van der Waals surface area contributed by atoms with E-state index in [9.17, 15) is 0 Å². The van der Waals surface area contributed by atoms with Gasteiger partial charge in [0.2, 0.25) is 0 Å². The summed E-state index contributed by atoms with van der Waals surface area (Å²) in [5.41, 5.74) is 0. The molecule has 0 aliphatic carbocycles. The first-order valence-electron chi connectivity index (χ1n) is 10.2. The molecule has 0 bridgehead atoms. The molecule has 0 saturated carbocycles. The second-order valence-corrected chi connectivity index (χ2v) is 10.3. The first kappa shape index (κ1) is 47.9. The molecule has 2 radical (unpaired) electrons. The molecule has 0 heterocycles. The van der Waals surface area contributed by atoms with Crippen LogP contribution in [-0.4, -0.2) is 0 Å². The molecule has 0 atom stereocenters. The summed E-state index contributed by atoms with van der Waals surface area (Å²) >= 11 is 0. The molecular formula is C30H21Co2NO6P2. The summed E-state index contributed by atoms with van der Waals surface area (Å²) in [6.07, 6.45) is 0. The normalized spacial score (nSPS) is 7.56. The second kappa shape index (κ2) is 37.2. The Morgan fingerprint density at radius 1 is 0.317 bits per heavy atom. The molecule has 0 aromatic heterocycles. The second-order valence-electron chi connectivity index (χ2n) is 6.11. The predicted molar refractivity (Wildman–Crippen MR) is 145 cm³/mol. The zero-order valence-electron chi connectivity index (χ0n) is 21.1. The van der Waals surface area contributed by atoms with Crippen molar-refractivity contribution < 1.29 is 61.5 Å². The summed E-state index contributed by atoms with van der Waals surface area (Å²) < 4.78 is 45.0. The summed E-state index contributed by atoms with van der Waals surface area (Å²) in [4.78, 5) is 4.05. The van der Waals surface area contributed by atoms with Crippen LogP contribution >= 0.6 is 16.1 Å². The van der Waals surface area contributed by atoms with Crippen molar-refractivity contribution in [3.63, 3.8) is 0 Å². The van der Waals surface area contributed by atoms with Gasteiger partial charge in [0, 0.05) is 49.7 Å². The quantitative estimate of drug-likeness (QED) is 0.181. The van der Waals surface area contributed by atoms with Gasteiger partial charge < -0.3 is 0 Å². The molecular weight excluding hydrogens is 650 g/mol. The molecule has 4 aromatic rings. The van der Waals surface area contributed by atoms with Crippen LogP contribution in [0.4, 0.5) is 0 Å². The molecule has 0 aliphatic rings. The Balaban J connectivity index is -0.000000276. The van der Waals surface area contributed by atoms with E-state index >= 15 is 0 Å². The predicted octanol–water partition coefficient (Wildman–Crippen LogP) is 4.44. The van der Waals surface area contributed by atoms with E-state index in [2.05, 4.69) is 166 Å². The minimum Gasteiger partial charge on any atom is -0.259 e. The van der Waals surface area contributed by atoms with Crippen LogP contribution in [0.25, 0.3) is 0 Å². The summed E-state index contributed by atoms with van der Waals surface area (Å²) in [5.74, 6) is 0. The number of hydrogen-bond donors (Lipinski definition) is 1. The molecule has 0 aliphatic heterocycles. The Kier molecular flexibility index (Phi) is 43.4. The van der Waals surface area contributed by atoms with Crippen molar-refractivity contribution in [2.75, 3.05) is 0 Å². The number of rotatable bonds is 6. The molecule has 0 unspecified atom stereocenters.